The Morgan fingerprint density at radius 2 is 1.38 bits per heavy atom. The molecule has 0 atom stereocenters. The van der Waals surface area contributed by atoms with E-state index in [0.717, 1.165) is 43.8 Å². The highest BCUT2D eigenvalue weighted by Gasteiger charge is 2.40. The van der Waals surface area contributed by atoms with E-state index in [4.69, 9.17) is 18.9 Å². The zero-order chi connectivity index (χ0) is 27.0. The number of carbonyl (C=O) groups is 1. The second kappa shape index (κ2) is 9.97. The Kier molecular flexibility index (Phi) is 6.33. The normalized spacial score (nSPS) is 13.4. The van der Waals surface area contributed by atoms with Crippen LogP contribution in [-0.2, 0) is 10.3 Å². The van der Waals surface area contributed by atoms with Crippen molar-refractivity contribution in [2.75, 3.05) is 21.3 Å². The second-order valence-electron chi connectivity index (χ2n) is 9.14. The monoisotopic (exact) mass is 534 g/mol. The van der Waals surface area contributed by atoms with Gasteiger partial charge in [0, 0.05) is 32.5 Å². The molecule has 0 saturated heterocycles. The highest BCUT2D eigenvalue weighted by molar-refractivity contribution is 7.13. The minimum absolute atomic E-state index is 0.407. The lowest BCUT2D eigenvalue weighted by Crippen LogP contribution is -2.34. The molecule has 6 heteroatoms. The third kappa shape index (κ3) is 4.04. The molecule has 0 amide bonds. The minimum atomic E-state index is -0.966. The molecular formula is C33H26O5S. The van der Waals surface area contributed by atoms with Crippen LogP contribution in [0.15, 0.2) is 96.4 Å². The fourth-order valence-electron chi connectivity index (χ4n) is 5.24. The van der Waals surface area contributed by atoms with Crippen molar-refractivity contribution in [1.82, 2.24) is 0 Å². The van der Waals surface area contributed by atoms with Crippen LogP contribution in [0.1, 0.15) is 27.0 Å². The molecule has 4 aromatic carbocycles. The van der Waals surface area contributed by atoms with Crippen molar-refractivity contribution in [3.8, 4) is 27.7 Å². The van der Waals surface area contributed by atoms with Crippen molar-refractivity contribution in [2.45, 2.75) is 5.60 Å². The fourth-order valence-corrected chi connectivity index (χ4v) is 6.03. The Morgan fingerprint density at radius 3 is 1.92 bits per heavy atom. The lowest BCUT2D eigenvalue weighted by Gasteiger charge is -2.37. The number of benzene rings is 4. The molecule has 0 aliphatic carbocycles. The number of carbonyl (C=O) groups excluding carboxylic acids is 1. The maximum atomic E-state index is 13.4. The minimum Gasteiger partial charge on any atom is -0.497 e. The van der Waals surface area contributed by atoms with Crippen LogP contribution in [0.4, 0.5) is 0 Å². The SMILES string of the molecule is COC(=O)c1c2c(c3ccccc3c1-c1cccs1)OC(c1ccc(OC)cc1)(c1ccc(OC)cc1)C=C2. The van der Waals surface area contributed by atoms with E-state index in [1.165, 1.54) is 7.11 Å². The molecule has 5 nitrogen and oxygen atoms in total. The summed E-state index contributed by atoms with van der Waals surface area (Å²) in [6, 6.07) is 27.7. The summed E-state index contributed by atoms with van der Waals surface area (Å²) < 4.78 is 23.2. The predicted molar refractivity (Wildman–Crippen MR) is 155 cm³/mol. The molecule has 0 fully saturated rings. The average molecular weight is 535 g/mol. The third-order valence-electron chi connectivity index (χ3n) is 7.15. The molecule has 0 saturated carbocycles. The van der Waals surface area contributed by atoms with Gasteiger partial charge in [-0.1, -0.05) is 54.6 Å². The molecule has 39 heavy (non-hydrogen) atoms. The van der Waals surface area contributed by atoms with Gasteiger partial charge in [-0.3, -0.25) is 0 Å². The van der Waals surface area contributed by atoms with Crippen LogP contribution in [-0.4, -0.2) is 27.3 Å². The van der Waals surface area contributed by atoms with E-state index in [1.54, 1.807) is 25.6 Å². The van der Waals surface area contributed by atoms with Gasteiger partial charge in [-0.05, 0) is 53.3 Å². The highest BCUT2D eigenvalue weighted by Crippen LogP contribution is 2.50. The van der Waals surface area contributed by atoms with Crippen molar-refractivity contribution in [1.29, 1.82) is 0 Å². The molecule has 5 aromatic rings. The van der Waals surface area contributed by atoms with Gasteiger partial charge in [-0.15, -0.1) is 11.3 Å². The molecule has 1 aromatic heterocycles. The number of rotatable bonds is 6. The van der Waals surface area contributed by atoms with Gasteiger partial charge in [0.15, 0.2) is 5.60 Å². The molecule has 1 aliphatic heterocycles. The van der Waals surface area contributed by atoms with Crippen LogP contribution in [0.5, 0.6) is 17.2 Å². The number of methoxy groups -OCH3 is 3. The van der Waals surface area contributed by atoms with Crippen LogP contribution in [0.3, 0.4) is 0 Å². The third-order valence-corrected chi connectivity index (χ3v) is 8.03. The molecule has 2 heterocycles. The van der Waals surface area contributed by atoms with Crippen LogP contribution in [0.2, 0.25) is 0 Å². The maximum Gasteiger partial charge on any atom is 0.339 e. The van der Waals surface area contributed by atoms with Crippen LogP contribution < -0.4 is 14.2 Å². The van der Waals surface area contributed by atoms with Crippen molar-refractivity contribution in [3.05, 3.63) is 119 Å². The van der Waals surface area contributed by atoms with Crippen LogP contribution in [0.25, 0.3) is 27.3 Å². The first-order chi connectivity index (χ1) is 19.1. The Bertz CT molecular complexity index is 1640. The number of ether oxygens (including phenoxy) is 4. The van der Waals surface area contributed by atoms with Gasteiger partial charge >= 0.3 is 5.97 Å². The zero-order valence-electron chi connectivity index (χ0n) is 21.8. The smallest absolute Gasteiger partial charge is 0.339 e. The molecule has 1 aliphatic rings. The van der Waals surface area contributed by atoms with E-state index in [2.05, 4.69) is 0 Å². The predicted octanol–water partition coefficient (Wildman–Crippen LogP) is 7.72. The average Bonchev–Trinajstić information content (AvgIpc) is 3.54. The first kappa shape index (κ1) is 24.8. The van der Waals surface area contributed by atoms with Crippen molar-refractivity contribution >= 4 is 34.2 Å². The zero-order valence-corrected chi connectivity index (χ0v) is 22.6. The van der Waals surface area contributed by atoms with Gasteiger partial charge in [0.2, 0.25) is 0 Å². The van der Waals surface area contributed by atoms with E-state index in [1.807, 2.05) is 102 Å². The van der Waals surface area contributed by atoms with E-state index in [-0.39, 0.29) is 0 Å². The maximum absolute atomic E-state index is 13.4. The largest absolute Gasteiger partial charge is 0.497 e. The van der Waals surface area contributed by atoms with Crippen molar-refractivity contribution in [3.63, 3.8) is 0 Å². The highest BCUT2D eigenvalue weighted by atomic mass is 32.1. The van der Waals surface area contributed by atoms with E-state index >= 15 is 0 Å². The Morgan fingerprint density at radius 1 is 0.769 bits per heavy atom. The summed E-state index contributed by atoms with van der Waals surface area (Å²) in [5, 5.41) is 3.85. The molecule has 194 valence electrons. The van der Waals surface area contributed by atoms with Gasteiger partial charge in [0.1, 0.15) is 17.2 Å². The Hall–Kier alpha value is -4.55. The summed E-state index contributed by atoms with van der Waals surface area (Å²) in [5.41, 5.74) is 2.90. The summed E-state index contributed by atoms with van der Waals surface area (Å²) in [6.45, 7) is 0. The first-order valence-corrected chi connectivity index (χ1v) is 13.4. The van der Waals surface area contributed by atoms with Gasteiger partial charge < -0.3 is 18.9 Å². The Balaban J connectivity index is 1.66. The molecule has 6 rings (SSSR count). The summed E-state index contributed by atoms with van der Waals surface area (Å²) in [4.78, 5) is 14.3. The van der Waals surface area contributed by atoms with Crippen molar-refractivity contribution < 1.29 is 23.7 Å². The number of esters is 1. The lowest BCUT2D eigenvalue weighted by molar-refractivity contribution is 0.0600. The molecule has 0 radical (unpaired) electrons. The van der Waals surface area contributed by atoms with E-state index < -0.39 is 11.6 Å². The van der Waals surface area contributed by atoms with E-state index in [9.17, 15) is 4.79 Å². The first-order valence-electron chi connectivity index (χ1n) is 12.5. The van der Waals surface area contributed by atoms with E-state index in [0.29, 0.717) is 16.9 Å². The molecule has 0 unspecified atom stereocenters. The standard InChI is InChI=1S/C33H26O5S/c1-35-23-14-10-21(11-15-23)33(22-12-16-24(36-2)17-13-22)19-18-27-30(32(34)37-3)29(28-9-6-20-39-28)25-7-4-5-8-26(25)31(27)38-33/h4-20H,1-3H3. The summed E-state index contributed by atoms with van der Waals surface area (Å²) >= 11 is 1.59. The molecule has 0 spiro atoms. The molecule has 0 bridgehead atoms. The van der Waals surface area contributed by atoms with Gasteiger partial charge in [0.25, 0.3) is 0 Å². The topological polar surface area (TPSA) is 54.0 Å². The Labute approximate surface area is 230 Å². The molecular weight excluding hydrogens is 508 g/mol. The number of fused-ring (bicyclic) bond motifs is 3. The van der Waals surface area contributed by atoms with Crippen LogP contribution >= 0.6 is 11.3 Å². The summed E-state index contributed by atoms with van der Waals surface area (Å²) in [7, 11) is 4.70. The van der Waals surface area contributed by atoms with Gasteiger partial charge in [0.05, 0.1) is 26.9 Å². The lowest BCUT2D eigenvalue weighted by atomic mass is 9.81. The van der Waals surface area contributed by atoms with Gasteiger partial charge in [-0.25, -0.2) is 4.79 Å². The number of thiophene rings is 1. The van der Waals surface area contributed by atoms with Crippen LogP contribution in [0, 0.1) is 0 Å². The fraction of sp³-hybridized carbons (Fsp3) is 0.121. The molecule has 0 N–H and O–H groups in total. The summed E-state index contributed by atoms with van der Waals surface area (Å²) in [6.07, 6.45) is 4.00. The quantitative estimate of drug-likeness (QED) is 0.209. The number of hydrogen-bond acceptors (Lipinski definition) is 6. The van der Waals surface area contributed by atoms with Gasteiger partial charge in [-0.2, -0.15) is 0 Å². The summed E-state index contributed by atoms with van der Waals surface area (Å²) in [5.74, 6) is 1.72. The van der Waals surface area contributed by atoms with Crippen molar-refractivity contribution in [2.24, 2.45) is 0 Å². The number of hydrogen-bond donors (Lipinski definition) is 0. The second-order valence-corrected chi connectivity index (χ2v) is 10.1.